The molecule has 0 aromatic heterocycles. The Morgan fingerprint density at radius 2 is 1.30 bits per heavy atom. The van der Waals surface area contributed by atoms with Gasteiger partial charge in [0, 0.05) is 6.42 Å². The van der Waals surface area contributed by atoms with E-state index in [4.69, 9.17) is 9.78 Å². The Morgan fingerprint density at radius 3 is 1.70 bits per heavy atom. The van der Waals surface area contributed by atoms with Crippen LogP contribution in [0.3, 0.4) is 0 Å². The highest BCUT2D eigenvalue weighted by Gasteiger charge is 2.61. The van der Waals surface area contributed by atoms with Crippen LogP contribution in [0.1, 0.15) is 25.7 Å². The lowest BCUT2D eigenvalue weighted by Crippen LogP contribution is -2.30. The summed E-state index contributed by atoms with van der Waals surface area (Å²) in [4.78, 5) is 19.2. The van der Waals surface area contributed by atoms with Gasteiger partial charge in [-0.25, -0.2) is 4.89 Å². The second-order valence-corrected chi connectivity index (χ2v) is 3.20. The van der Waals surface area contributed by atoms with E-state index in [1.165, 1.54) is 0 Å². The first-order valence-corrected chi connectivity index (χ1v) is 3.56. The lowest BCUT2D eigenvalue weighted by Gasteiger charge is -2.21. The van der Waals surface area contributed by atoms with Gasteiger partial charge in [-0.05, 0) is 19.3 Å². The Bertz CT molecular complexity index is 139. The van der Waals surface area contributed by atoms with E-state index < -0.39 is 5.97 Å². The van der Waals surface area contributed by atoms with E-state index in [0.717, 1.165) is 25.7 Å². The monoisotopic (exact) mass is 144 g/mol. The maximum absolute atomic E-state index is 5.10. The van der Waals surface area contributed by atoms with Gasteiger partial charge in [-0.1, -0.05) is 0 Å². The molecule has 2 saturated heterocycles. The minimum absolute atomic E-state index is 0.0422. The fraction of sp³-hybridized carbons (Fsp3) is 1.00. The van der Waals surface area contributed by atoms with Crippen molar-refractivity contribution in [2.75, 3.05) is 0 Å². The Hall–Kier alpha value is -0.160. The standard InChI is InChI=1S/C6H8O4/c1-2-5(1)3-4-6(8-7-5)9-10-6/h1-4H2. The maximum Gasteiger partial charge on any atom is 0.366 e. The summed E-state index contributed by atoms with van der Waals surface area (Å²) in [6.45, 7) is 0. The largest absolute Gasteiger partial charge is 0.366 e. The van der Waals surface area contributed by atoms with Crippen molar-refractivity contribution in [3.05, 3.63) is 0 Å². The highest BCUT2D eigenvalue weighted by molar-refractivity contribution is 4.96. The average molecular weight is 144 g/mol. The molecule has 3 aliphatic rings. The molecule has 4 heteroatoms. The molecular weight excluding hydrogens is 136 g/mol. The highest BCUT2D eigenvalue weighted by atomic mass is 17.5. The summed E-state index contributed by atoms with van der Waals surface area (Å²) in [7, 11) is 0. The van der Waals surface area contributed by atoms with Crippen molar-refractivity contribution in [3.63, 3.8) is 0 Å². The summed E-state index contributed by atoms with van der Waals surface area (Å²) in [6, 6.07) is 0. The molecule has 0 radical (unpaired) electrons. The summed E-state index contributed by atoms with van der Waals surface area (Å²) < 4.78 is 0. The third-order valence-corrected chi connectivity index (χ3v) is 2.31. The predicted molar refractivity (Wildman–Crippen MR) is 28.3 cm³/mol. The van der Waals surface area contributed by atoms with Crippen LogP contribution in [0.4, 0.5) is 0 Å². The Kier molecular flexibility index (Phi) is 0.757. The summed E-state index contributed by atoms with van der Waals surface area (Å²) in [5.74, 6) is -0.798. The number of hydrogen-bond donors (Lipinski definition) is 0. The first-order chi connectivity index (χ1) is 4.83. The molecule has 0 aromatic carbocycles. The van der Waals surface area contributed by atoms with E-state index in [-0.39, 0.29) is 5.60 Å². The molecule has 1 aliphatic carbocycles. The van der Waals surface area contributed by atoms with Gasteiger partial charge < -0.3 is 0 Å². The van der Waals surface area contributed by atoms with Gasteiger partial charge in [0.1, 0.15) is 5.60 Å². The third kappa shape index (κ3) is 0.645. The molecule has 0 atom stereocenters. The van der Waals surface area contributed by atoms with Crippen molar-refractivity contribution >= 4 is 0 Å². The second kappa shape index (κ2) is 1.38. The van der Waals surface area contributed by atoms with E-state index in [1.807, 2.05) is 0 Å². The quantitative estimate of drug-likeness (QED) is 0.374. The van der Waals surface area contributed by atoms with Crippen molar-refractivity contribution in [3.8, 4) is 0 Å². The highest BCUT2D eigenvalue weighted by Crippen LogP contribution is 2.53. The van der Waals surface area contributed by atoms with Crippen LogP contribution in [0.25, 0.3) is 0 Å². The van der Waals surface area contributed by atoms with Crippen molar-refractivity contribution in [2.24, 2.45) is 0 Å². The van der Waals surface area contributed by atoms with E-state index in [2.05, 4.69) is 9.78 Å². The van der Waals surface area contributed by atoms with Crippen LogP contribution in [0, 0.1) is 0 Å². The first-order valence-electron chi connectivity index (χ1n) is 3.56. The minimum atomic E-state index is -0.798. The molecule has 0 amide bonds. The zero-order chi connectivity index (χ0) is 6.66. The van der Waals surface area contributed by atoms with Crippen LogP contribution in [0.2, 0.25) is 0 Å². The van der Waals surface area contributed by atoms with Crippen molar-refractivity contribution in [1.82, 2.24) is 0 Å². The molecule has 4 nitrogen and oxygen atoms in total. The zero-order valence-electron chi connectivity index (χ0n) is 5.46. The molecule has 0 bridgehead atoms. The average Bonchev–Trinajstić information content (AvgIpc) is 2.75. The summed E-state index contributed by atoms with van der Waals surface area (Å²) in [5.41, 5.74) is 0.0422. The normalized spacial score (nSPS) is 38.4. The smallest absolute Gasteiger partial charge is 0.225 e. The van der Waals surface area contributed by atoms with E-state index in [1.54, 1.807) is 0 Å². The minimum Gasteiger partial charge on any atom is -0.225 e. The molecule has 10 heavy (non-hydrogen) atoms. The van der Waals surface area contributed by atoms with Crippen LogP contribution in [0.15, 0.2) is 0 Å². The molecule has 2 spiro atoms. The van der Waals surface area contributed by atoms with Gasteiger partial charge in [-0.2, -0.15) is 14.7 Å². The zero-order valence-corrected chi connectivity index (χ0v) is 5.46. The van der Waals surface area contributed by atoms with Gasteiger partial charge in [0.25, 0.3) is 0 Å². The Balaban J connectivity index is 1.72. The van der Waals surface area contributed by atoms with Crippen LogP contribution in [-0.4, -0.2) is 11.6 Å². The fourth-order valence-electron chi connectivity index (χ4n) is 1.25. The predicted octanol–water partition coefficient (Wildman–Crippen LogP) is 0.877. The van der Waals surface area contributed by atoms with Gasteiger partial charge in [0.2, 0.25) is 0 Å². The van der Waals surface area contributed by atoms with Crippen molar-refractivity contribution < 1.29 is 19.6 Å². The van der Waals surface area contributed by atoms with Gasteiger partial charge in [0.05, 0.1) is 0 Å². The molecule has 3 rings (SSSR count). The molecule has 56 valence electrons. The van der Waals surface area contributed by atoms with Gasteiger partial charge in [-0.15, -0.1) is 0 Å². The molecule has 2 aliphatic heterocycles. The van der Waals surface area contributed by atoms with Crippen LogP contribution >= 0.6 is 0 Å². The molecule has 1 saturated carbocycles. The summed E-state index contributed by atoms with van der Waals surface area (Å²) in [5, 5.41) is 0. The fourth-order valence-corrected chi connectivity index (χ4v) is 1.25. The molecule has 2 heterocycles. The second-order valence-electron chi connectivity index (χ2n) is 3.20. The molecular formula is C6H8O4. The van der Waals surface area contributed by atoms with Crippen molar-refractivity contribution in [2.45, 2.75) is 37.3 Å². The number of rotatable bonds is 0. The lowest BCUT2D eigenvalue weighted by atomic mass is 10.1. The van der Waals surface area contributed by atoms with Gasteiger partial charge in [0.15, 0.2) is 0 Å². The first kappa shape index (κ1) is 5.49. The maximum atomic E-state index is 5.10. The SMILES string of the molecule is C1CC12CCC1(OO2)OO1. The van der Waals surface area contributed by atoms with Gasteiger partial charge >= 0.3 is 5.97 Å². The number of hydrogen-bond acceptors (Lipinski definition) is 4. The molecule has 0 unspecified atom stereocenters. The van der Waals surface area contributed by atoms with Gasteiger partial charge in [-0.3, -0.25) is 0 Å². The van der Waals surface area contributed by atoms with Crippen LogP contribution in [-0.2, 0) is 19.6 Å². The third-order valence-electron chi connectivity index (χ3n) is 2.31. The molecule has 3 fully saturated rings. The van der Waals surface area contributed by atoms with Crippen LogP contribution < -0.4 is 0 Å². The van der Waals surface area contributed by atoms with E-state index in [9.17, 15) is 0 Å². The molecule has 0 aromatic rings. The lowest BCUT2D eigenvalue weighted by molar-refractivity contribution is -0.422. The van der Waals surface area contributed by atoms with E-state index in [0.29, 0.717) is 0 Å². The van der Waals surface area contributed by atoms with E-state index >= 15 is 0 Å². The summed E-state index contributed by atoms with van der Waals surface area (Å²) >= 11 is 0. The molecule has 0 N–H and O–H groups in total. The topological polar surface area (TPSA) is 43.5 Å². The van der Waals surface area contributed by atoms with Crippen LogP contribution in [0.5, 0.6) is 0 Å². The Labute approximate surface area is 57.9 Å². The summed E-state index contributed by atoms with van der Waals surface area (Å²) in [6.07, 6.45) is 4.02. The Morgan fingerprint density at radius 1 is 0.700 bits per heavy atom. The van der Waals surface area contributed by atoms with Crippen molar-refractivity contribution in [1.29, 1.82) is 0 Å².